The number of allylic oxidation sites excluding steroid dienone is 2. The van der Waals surface area contributed by atoms with Crippen molar-refractivity contribution in [2.75, 3.05) is 0 Å². The van der Waals surface area contributed by atoms with Crippen LogP contribution < -0.4 is 0 Å². The molecule has 0 aromatic carbocycles. The molecule has 2 aliphatic rings. The third kappa shape index (κ3) is 1.16. The molecule has 2 aliphatic carbocycles. The maximum atomic E-state index is 3.72. The van der Waals surface area contributed by atoms with Crippen LogP contribution >= 0.6 is 15.9 Å². The van der Waals surface area contributed by atoms with E-state index in [2.05, 4.69) is 28.1 Å². The minimum atomic E-state index is 0.868. The summed E-state index contributed by atoms with van der Waals surface area (Å²) < 4.78 is 0. The van der Waals surface area contributed by atoms with Gasteiger partial charge in [0.1, 0.15) is 0 Å². The maximum Gasteiger partial charge on any atom is 0.0208 e. The van der Waals surface area contributed by atoms with Crippen LogP contribution in [0.5, 0.6) is 0 Å². The van der Waals surface area contributed by atoms with Crippen LogP contribution in [0.3, 0.4) is 0 Å². The van der Waals surface area contributed by atoms with Crippen LogP contribution in [-0.2, 0) is 0 Å². The first-order chi connectivity index (χ1) is 4.89. The summed E-state index contributed by atoms with van der Waals surface area (Å²) in [4.78, 5) is 0.868. The van der Waals surface area contributed by atoms with Crippen molar-refractivity contribution in [3.8, 4) is 0 Å². The lowest BCUT2D eigenvalue weighted by molar-refractivity contribution is 0.605. The zero-order valence-corrected chi connectivity index (χ0v) is 7.68. The van der Waals surface area contributed by atoms with Gasteiger partial charge >= 0.3 is 0 Å². The lowest BCUT2D eigenvalue weighted by Gasteiger charge is -1.98. The van der Waals surface area contributed by atoms with Crippen LogP contribution in [0.15, 0.2) is 12.2 Å². The van der Waals surface area contributed by atoms with Gasteiger partial charge in [-0.05, 0) is 37.5 Å². The minimum absolute atomic E-state index is 0.868. The van der Waals surface area contributed by atoms with Crippen LogP contribution in [0.4, 0.5) is 0 Å². The topological polar surface area (TPSA) is 0 Å². The van der Waals surface area contributed by atoms with E-state index in [0.29, 0.717) is 0 Å². The van der Waals surface area contributed by atoms with Crippen molar-refractivity contribution >= 4 is 15.9 Å². The van der Waals surface area contributed by atoms with Gasteiger partial charge in [0.2, 0.25) is 0 Å². The predicted octanol–water partition coefficient (Wildman–Crippen LogP) is 3.13. The summed E-state index contributed by atoms with van der Waals surface area (Å²) in [6.45, 7) is 0. The van der Waals surface area contributed by atoms with Gasteiger partial charge in [0, 0.05) is 4.83 Å². The Balaban J connectivity index is 1.94. The van der Waals surface area contributed by atoms with Crippen LogP contribution in [0.25, 0.3) is 0 Å². The lowest BCUT2D eigenvalue weighted by atomic mass is 10.1. The van der Waals surface area contributed by atoms with E-state index in [9.17, 15) is 0 Å². The van der Waals surface area contributed by atoms with Gasteiger partial charge in [0.05, 0.1) is 0 Å². The van der Waals surface area contributed by atoms with E-state index in [-0.39, 0.29) is 0 Å². The van der Waals surface area contributed by atoms with Crippen LogP contribution in [0, 0.1) is 11.8 Å². The van der Waals surface area contributed by atoms with Crippen LogP contribution in [-0.4, -0.2) is 4.83 Å². The molecule has 0 heterocycles. The molecule has 2 rings (SSSR count). The molecule has 10 heavy (non-hydrogen) atoms. The van der Waals surface area contributed by atoms with Crippen molar-refractivity contribution in [1.82, 2.24) is 0 Å². The molecular formula is C9H13Br. The predicted molar refractivity (Wildman–Crippen MR) is 47.3 cm³/mol. The number of fused-ring (bicyclic) bond motifs is 1. The molecule has 0 N–H and O–H groups in total. The molecule has 0 aliphatic heterocycles. The zero-order valence-electron chi connectivity index (χ0n) is 6.09. The van der Waals surface area contributed by atoms with Gasteiger partial charge in [-0.2, -0.15) is 0 Å². The van der Waals surface area contributed by atoms with Crippen LogP contribution in [0.2, 0.25) is 0 Å². The normalized spacial score (nSPS) is 48.7. The van der Waals surface area contributed by atoms with E-state index >= 15 is 0 Å². The lowest BCUT2D eigenvalue weighted by Crippen LogP contribution is -1.85. The summed E-state index contributed by atoms with van der Waals surface area (Å²) in [6, 6.07) is 0. The molecule has 0 spiro atoms. The second kappa shape index (κ2) is 2.69. The summed E-state index contributed by atoms with van der Waals surface area (Å²) in [6.07, 6.45) is 10.1. The Bertz CT molecular complexity index is 135. The third-order valence-electron chi connectivity index (χ3n) is 2.73. The van der Waals surface area contributed by atoms with Crippen LogP contribution in [0.1, 0.15) is 25.7 Å². The third-order valence-corrected chi connectivity index (χ3v) is 4.09. The molecule has 1 fully saturated rings. The molecule has 0 aromatic heterocycles. The largest absolute Gasteiger partial charge is 0.0885 e. The summed E-state index contributed by atoms with van der Waals surface area (Å²) in [5.41, 5.74) is 0. The fourth-order valence-corrected chi connectivity index (χ4v) is 3.09. The first kappa shape index (κ1) is 6.90. The highest BCUT2D eigenvalue weighted by Crippen LogP contribution is 2.51. The van der Waals surface area contributed by atoms with E-state index in [1.807, 2.05) is 0 Å². The Labute approximate surface area is 70.8 Å². The molecule has 3 atom stereocenters. The second-order valence-corrected chi connectivity index (χ2v) is 4.46. The SMILES string of the molecule is BrC1[C@H]2CC/C=C/CC[C@@H]12. The number of rotatable bonds is 0. The minimum Gasteiger partial charge on any atom is -0.0885 e. The van der Waals surface area contributed by atoms with E-state index in [4.69, 9.17) is 0 Å². The van der Waals surface area contributed by atoms with E-state index in [0.717, 1.165) is 16.7 Å². The Kier molecular flexibility index (Phi) is 1.86. The van der Waals surface area contributed by atoms with Gasteiger partial charge in [0.15, 0.2) is 0 Å². The Morgan fingerprint density at radius 3 is 2.00 bits per heavy atom. The quantitative estimate of drug-likeness (QED) is 0.417. The first-order valence-electron chi connectivity index (χ1n) is 4.18. The molecule has 1 heteroatoms. The fraction of sp³-hybridized carbons (Fsp3) is 0.778. The maximum absolute atomic E-state index is 3.72. The van der Waals surface area contributed by atoms with Crippen molar-refractivity contribution in [1.29, 1.82) is 0 Å². The molecule has 1 saturated carbocycles. The highest BCUT2D eigenvalue weighted by molar-refractivity contribution is 9.09. The molecule has 0 saturated heterocycles. The highest BCUT2D eigenvalue weighted by Gasteiger charge is 2.46. The monoisotopic (exact) mass is 200 g/mol. The molecule has 0 aromatic rings. The van der Waals surface area contributed by atoms with Gasteiger partial charge in [-0.25, -0.2) is 0 Å². The average Bonchev–Trinajstić information content (AvgIpc) is 2.39. The fourth-order valence-electron chi connectivity index (χ4n) is 1.96. The molecule has 0 radical (unpaired) electrons. The molecule has 0 bridgehead atoms. The first-order valence-corrected chi connectivity index (χ1v) is 5.10. The Hall–Kier alpha value is 0.220. The zero-order chi connectivity index (χ0) is 6.97. The summed E-state index contributed by atoms with van der Waals surface area (Å²) in [5, 5.41) is 0. The van der Waals surface area contributed by atoms with Gasteiger partial charge < -0.3 is 0 Å². The van der Waals surface area contributed by atoms with Crippen molar-refractivity contribution in [3.05, 3.63) is 12.2 Å². The highest BCUT2D eigenvalue weighted by atomic mass is 79.9. The van der Waals surface area contributed by atoms with Crippen molar-refractivity contribution in [2.45, 2.75) is 30.5 Å². The average molecular weight is 201 g/mol. The summed E-state index contributed by atoms with van der Waals surface area (Å²) in [5.74, 6) is 2.04. The van der Waals surface area contributed by atoms with Gasteiger partial charge in [-0.1, -0.05) is 28.1 Å². The van der Waals surface area contributed by atoms with Gasteiger partial charge in [-0.15, -0.1) is 0 Å². The van der Waals surface area contributed by atoms with E-state index in [1.54, 1.807) is 0 Å². The molecule has 0 nitrogen and oxygen atoms in total. The Morgan fingerprint density at radius 2 is 1.50 bits per heavy atom. The van der Waals surface area contributed by atoms with E-state index in [1.165, 1.54) is 25.7 Å². The molecular weight excluding hydrogens is 188 g/mol. The summed E-state index contributed by atoms with van der Waals surface area (Å²) in [7, 11) is 0. The van der Waals surface area contributed by atoms with Gasteiger partial charge in [-0.3, -0.25) is 0 Å². The van der Waals surface area contributed by atoms with Crippen molar-refractivity contribution < 1.29 is 0 Å². The number of hydrogen-bond donors (Lipinski definition) is 0. The second-order valence-electron chi connectivity index (χ2n) is 3.40. The molecule has 0 amide bonds. The number of hydrogen-bond acceptors (Lipinski definition) is 0. The van der Waals surface area contributed by atoms with Crippen molar-refractivity contribution in [3.63, 3.8) is 0 Å². The molecule has 56 valence electrons. The molecule has 1 unspecified atom stereocenters. The standard InChI is InChI=1S/C9H13Br/c10-9-7-5-3-1-2-4-6-8(7)9/h1-2,7-9H,3-6H2/b2-1+/t7-,8+,9?. The smallest absolute Gasteiger partial charge is 0.0208 e. The van der Waals surface area contributed by atoms with Crippen molar-refractivity contribution in [2.24, 2.45) is 11.8 Å². The summed E-state index contributed by atoms with van der Waals surface area (Å²) >= 11 is 3.72. The Morgan fingerprint density at radius 1 is 1.00 bits per heavy atom. The number of halogens is 1. The van der Waals surface area contributed by atoms with E-state index < -0.39 is 0 Å². The number of alkyl halides is 1. The van der Waals surface area contributed by atoms with Gasteiger partial charge in [0.25, 0.3) is 0 Å².